The van der Waals surface area contributed by atoms with Gasteiger partial charge in [-0.2, -0.15) is 0 Å². The zero-order valence-corrected chi connectivity index (χ0v) is 17.4. The lowest BCUT2D eigenvalue weighted by atomic mass is 10.1. The molecule has 1 atom stereocenters. The Morgan fingerprint density at radius 3 is 2.63 bits per heavy atom. The van der Waals surface area contributed by atoms with Crippen LogP contribution in [0.2, 0.25) is 0 Å². The molecule has 2 heterocycles. The number of benzene rings is 2. The Balaban J connectivity index is 1.60. The van der Waals surface area contributed by atoms with E-state index in [1.807, 2.05) is 11.8 Å². The van der Waals surface area contributed by atoms with Gasteiger partial charge in [0.2, 0.25) is 0 Å². The van der Waals surface area contributed by atoms with Crippen LogP contribution in [-0.4, -0.2) is 41.5 Å². The van der Waals surface area contributed by atoms with Crippen LogP contribution < -0.4 is 4.90 Å². The highest BCUT2D eigenvalue weighted by atomic mass is 32.2. The average molecular weight is 380 g/mol. The molecule has 142 valence electrons. The van der Waals surface area contributed by atoms with Crippen LogP contribution in [0.4, 0.5) is 5.69 Å². The molecule has 2 aromatic carbocycles. The van der Waals surface area contributed by atoms with Crippen molar-refractivity contribution < 1.29 is 0 Å². The van der Waals surface area contributed by atoms with Gasteiger partial charge in [0.15, 0.2) is 5.50 Å². The smallest absolute Gasteiger partial charge is 0.159 e. The molecule has 27 heavy (non-hydrogen) atoms. The molecule has 2 aliphatic heterocycles. The van der Waals surface area contributed by atoms with Crippen molar-refractivity contribution in [3.8, 4) is 0 Å². The summed E-state index contributed by atoms with van der Waals surface area (Å²) >= 11 is 1.97. The average Bonchev–Trinajstić information content (AvgIpc) is 3.22. The lowest BCUT2D eigenvalue weighted by Gasteiger charge is -2.30. The Labute approximate surface area is 167 Å². The van der Waals surface area contributed by atoms with E-state index in [1.54, 1.807) is 0 Å². The van der Waals surface area contributed by atoms with E-state index in [0.717, 1.165) is 26.2 Å². The monoisotopic (exact) mass is 379 g/mol. The lowest BCUT2D eigenvalue weighted by molar-refractivity contribution is 0.278. The second kappa shape index (κ2) is 7.99. The van der Waals surface area contributed by atoms with Crippen LogP contribution in [0.1, 0.15) is 31.4 Å². The number of nitrogens with zero attached hydrogens (tertiary/aromatic N) is 3. The number of hydrogen-bond donors (Lipinski definition) is 0. The van der Waals surface area contributed by atoms with Gasteiger partial charge in [-0.15, -0.1) is 0 Å². The van der Waals surface area contributed by atoms with E-state index >= 15 is 0 Å². The fraction of sp³-hybridized carbons (Fsp3) is 0.391. The number of hydrogen-bond acceptors (Lipinski definition) is 4. The maximum Gasteiger partial charge on any atom is 0.159 e. The maximum absolute atomic E-state index is 2.60. The molecule has 0 saturated heterocycles. The highest BCUT2D eigenvalue weighted by Crippen LogP contribution is 2.50. The number of fused-ring (bicyclic) bond motifs is 3. The quantitative estimate of drug-likeness (QED) is 0.651. The second-order valence-electron chi connectivity index (χ2n) is 7.28. The molecule has 4 rings (SSSR count). The summed E-state index contributed by atoms with van der Waals surface area (Å²) in [4.78, 5) is 8.95. The minimum Gasteiger partial charge on any atom is -0.340 e. The van der Waals surface area contributed by atoms with Crippen molar-refractivity contribution in [1.82, 2.24) is 9.80 Å². The SMILES string of the molecule is CCN(CC)CCCN1C(c2cccc(C)c2)=CN2c3ccccc3SC12. The Morgan fingerprint density at radius 1 is 1.04 bits per heavy atom. The van der Waals surface area contributed by atoms with Crippen LogP contribution in [0, 0.1) is 6.92 Å². The van der Waals surface area contributed by atoms with E-state index in [0.29, 0.717) is 5.50 Å². The first kappa shape index (κ1) is 18.5. The zero-order chi connectivity index (χ0) is 18.8. The molecule has 0 aromatic heterocycles. The summed E-state index contributed by atoms with van der Waals surface area (Å²) < 4.78 is 0. The van der Waals surface area contributed by atoms with E-state index in [4.69, 9.17) is 0 Å². The Morgan fingerprint density at radius 2 is 1.85 bits per heavy atom. The molecule has 2 aromatic rings. The molecule has 4 heteroatoms. The normalized spacial score (nSPS) is 18.1. The standard InChI is InChI=1S/C23H29N3S/c1-4-24(5-2)14-9-15-25-21(19-11-8-10-18(3)16-19)17-26-20-12-6-7-13-22(20)27-23(25)26/h6-8,10-13,16-17,23H,4-5,9,14-15H2,1-3H3. The molecule has 2 aliphatic rings. The Kier molecular flexibility index (Phi) is 5.46. The molecule has 0 spiro atoms. The number of aryl methyl sites for hydroxylation is 1. The summed E-state index contributed by atoms with van der Waals surface area (Å²) in [6.07, 6.45) is 3.54. The number of anilines is 1. The predicted molar refractivity (Wildman–Crippen MR) is 117 cm³/mol. The van der Waals surface area contributed by atoms with Crippen LogP contribution >= 0.6 is 11.8 Å². The summed E-state index contributed by atoms with van der Waals surface area (Å²) in [5.41, 5.74) is 5.67. The molecule has 1 unspecified atom stereocenters. The summed E-state index contributed by atoms with van der Waals surface area (Å²) in [6.45, 7) is 11.2. The molecule has 3 nitrogen and oxygen atoms in total. The van der Waals surface area contributed by atoms with Gasteiger partial charge >= 0.3 is 0 Å². The van der Waals surface area contributed by atoms with Crippen LogP contribution in [0.25, 0.3) is 5.70 Å². The zero-order valence-electron chi connectivity index (χ0n) is 16.6. The molecular weight excluding hydrogens is 350 g/mol. The number of rotatable bonds is 7. The van der Waals surface area contributed by atoms with Gasteiger partial charge in [0.1, 0.15) is 0 Å². The third-order valence-electron chi connectivity index (χ3n) is 5.53. The van der Waals surface area contributed by atoms with Crippen LogP contribution in [0.5, 0.6) is 0 Å². The van der Waals surface area contributed by atoms with Crippen molar-refractivity contribution in [3.63, 3.8) is 0 Å². The van der Waals surface area contributed by atoms with Crippen molar-refractivity contribution in [3.05, 3.63) is 65.9 Å². The van der Waals surface area contributed by atoms with E-state index < -0.39 is 0 Å². The largest absolute Gasteiger partial charge is 0.340 e. The molecule has 0 saturated carbocycles. The molecule has 0 amide bonds. The van der Waals surface area contributed by atoms with E-state index in [9.17, 15) is 0 Å². The van der Waals surface area contributed by atoms with E-state index in [-0.39, 0.29) is 0 Å². The molecule has 0 fully saturated rings. The molecule has 0 radical (unpaired) electrons. The predicted octanol–water partition coefficient (Wildman–Crippen LogP) is 5.24. The molecule has 0 aliphatic carbocycles. The van der Waals surface area contributed by atoms with Crippen molar-refractivity contribution in [2.45, 2.75) is 37.6 Å². The van der Waals surface area contributed by atoms with Gasteiger partial charge in [-0.3, -0.25) is 0 Å². The van der Waals surface area contributed by atoms with Gasteiger partial charge in [-0.1, -0.05) is 61.5 Å². The van der Waals surface area contributed by atoms with Crippen molar-refractivity contribution in [2.24, 2.45) is 0 Å². The Hall–Kier alpha value is -1.91. The summed E-state index contributed by atoms with van der Waals surface area (Å²) in [5.74, 6) is 0. The first-order valence-electron chi connectivity index (χ1n) is 10.0. The third-order valence-corrected chi connectivity index (χ3v) is 6.82. The lowest BCUT2D eigenvalue weighted by Crippen LogP contribution is -2.36. The topological polar surface area (TPSA) is 9.72 Å². The van der Waals surface area contributed by atoms with Gasteiger partial charge < -0.3 is 14.7 Å². The van der Waals surface area contributed by atoms with Crippen LogP contribution in [-0.2, 0) is 0 Å². The van der Waals surface area contributed by atoms with Crippen LogP contribution in [0.15, 0.2) is 59.6 Å². The number of thioether (sulfide) groups is 1. The van der Waals surface area contributed by atoms with Crippen LogP contribution in [0.3, 0.4) is 0 Å². The Bertz CT molecular complexity index is 828. The third kappa shape index (κ3) is 3.61. The minimum absolute atomic E-state index is 0.342. The second-order valence-corrected chi connectivity index (χ2v) is 8.37. The fourth-order valence-electron chi connectivity index (χ4n) is 4.01. The number of para-hydroxylation sites is 1. The highest BCUT2D eigenvalue weighted by molar-refractivity contribution is 8.00. The molecule has 0 N–H and O–H groups in total. The first-order chi connectivity index (χ1) is 13.2. The minimum atomic E-state index is 0.342. The summed E-state index contributed by atoms with van der Waals surface area (Å²) in [6, 6.07) is 17.7. The first-order valence-corrected chi connectivity index (χ1v) is 10.9. The van der Waals surface area contributed by atoms with Crippen molar-refractivity contribution >= 4 is 23.1 Å². The van der Waals surface area contributed by atoms with E-state index in [2.05, 4.69) is 90.2 Å². The summed E-state index contributed by atoms with van der Waals surface area (Å²) in [5, 5.41) is 0. The molecular formula is C23H29N3S. The van der Waals surface area contributed by atoms with Gasteiger partial charge in [-0.05, 0) is 56.7 Å². The van der Waals surface area contributed by atoms with Gasteiger partial charge in [0.05, 0.1) is 11.4 Å². The highest BCUT2D eigenvalue weighted by Gasteiger charge is 2.39. The van der Waals surface area contributed by atoms with Crippen molar-refractivity contribution in [2.75, 3.05) is 31.1 Å². The van der Waals surface area contributed by atoms with E-state index in [1.165, 1.54) is 33.8 Å². The summed E-state index contributed by atoms with van der Waals surface area (Å²) in [7, 11) is 0. The maximum atomic E-state index is 2.60. The van der Waals surface area contributed by atoms with Gasteiger partial charge in [0, 0.05) is 17.6 Å². The van der Waals surface area contributed by atoms with Gasteiger partial charge in [-0.25, -0.2) is 0 Å². The molecule has 0 bridgehead atoms. The van der Waals surface area contributed by atoms with Crippen molar-refractivity contribution in [1.29, 1.82) is 0 Å². The van der Waals surface area contributed by atoms with Gasteiger partial charge in [0.25, 0.3) is 0 Å². The fourth-order valence-corrected chi connectivity index (χ4v) is 5.32.